The first-order valence-corrected chi connectivity index (χ1v) is 7.52. The molecular weight excluding hydrogens is 228 g/mol. The average molecular weight is 244 g/mol. The predicted molar refractivity (Wildman–Crippen MR) is 54.9 cm³/mol. The molecule has 0 heterocycles. The maximum Gasteiger partial charge on any atom is 0.211 e. The van der Waals surface area contributed by atoms with E-state index < -0.39 is 20.0 Å². The van der Waals surface area contributed by atoms with Crippen molar-refractivity contribution in [2.45, 2.75) is 13.3 Å². The summed E-state index contributed by atoms with van der Waals surface area (Å²) in [7, 11) is -5.30. The molecule has 0 aliphatic carbocycles. The van der Waals surface area contributed by atoms with Crippen LogP contribution in [0.3, 0.4) is 0 Å². The molecule has 0 aromatic carbocycles. The minimum absolute atomic E-state index is 0.0957. The quantitative estimate of drug-likeness (QED) is 0.592. The van der Waals surface area contributed by atoms with Gasteiger partial charge in [0.15, 0.2) is 0 Å². The second kappa shape index (κ2) is 5.64. The molecule has 0 spiro atoms. The highest BCUT2D eigenvalue weighted by Gasteiger charge is 2.12. The molecule has 0 unspecified atom stereocenters. The Hall–Kier alpha value is -0.180. The monoisotopic (exact) mass is 244 g/mol. The summed E-state index contributed by atoms with van der Waals surface area (Å²) in [6, 6.07) is 0. The van der Waals surface area contributed by atoms with Gasteiger partial charge in [-0.1, -0.05) is 6.92 Å². The lowest BCUT2D eigenvalue weighted by Crippen LogP contribution is -2.28. The summed E-state index contributed by atoms with van der Waals surface area (Å²) in [4.78, 5) is 0. The van der Waals surface area contributed by atoms with Crippen LogP contribution in [0, 0.1) is 0 Å². The van der Waals surface area contributed by atoms with Crippen LogP contribution in [0.5, 0.6) is 0 Å². The Labute approximate surface area is 85.2 Å². The van der Waals surface area contributed by atoms with Crippen LogP contribution in [0.4, 0.5) is 0 Å². The van der Waals surface area contributed by atoms with E-state index in [1.807, 2.05) is 0 Å². The normalized spacial score (nSPS) is 13.0. The van der Waals surface area contributed by atoms with E-state index in [4.69, 9.17) is 0 Å². The van der Waals surface area contributed by atoms with Crippen LogP contribution in [0.1, 0.15) is 13.3 Å². The Bertz CT molecular complexity index is 346. The third-order valence-electron chi connectivity index (χ3n) is 1.50. The maximum atomic E-state index is 11.1. The molecule has 0 fully saturated rings. The van der Waals surface area contributed by atoms with E-state index in [1.165, 1.54) is 7.05 Å². The molecule has 8 heteroatoms. The van der Waals surface area contributed by atoms with Crippen LogP contribution in [-0.2, 0) is 20.0 Å². The van der Waals surface area contributed by atoms with Gasteiger partial charge in [0.25, 0.3) is 0 Å². The van der Waals surface area contributed by atoms with Crippen molar-refractivity contribution in [1.29, 1.82) is 0 Å². The molecule has 0 atom stereocenters. The number of sulfonamides is 2. The molecule has 0 aliphatic rings. The average Bonchev–Trinajstić information content (AvgIpc) is 2.03. The number of hydrogen-bond acceptors (Lipinski definition) is 4. The van der Waals surface area contributed by atoms with Gasteiger partial charge in [-0.05, 0) is 13.5 Å². The van der Waals surface area contributed by atoms with Crippen molar-refractivity contribution in [3.8, 4) is 0 Å². The van der Waals surface area contributed by atoms with Crippen molar-refractivity contribution in [2.75, 3.05) is 25.1 Å². The molecule has 0 aromatic heterocycles. The topological polar surface area (TPSA) is 92.3 Å². The number of nitrogens with one attached hydrogen (secondary N) is 2. The lowest BCUT2D eigenvalue weighted by Gasteiger charge is -2.04. The first kappa shape index (κ1) is 13.8. The Morgan fingerprint density at radius 2 is 1.50 bits per heavy atom. The fourth-order valence-electron chi connectivity index (χ4n) is 0.833. The smallest absolute Gasteiger partial charge is 0.211 e. The van der Waals surface area contributed by atoms with Gasteiger partial charge in [0.05, 0.1) is 11.5 Å². The van der Waals surface area contributed by atoms with Crippen LogP contribution >= 0.6 is 0 Å². The van der Waals surface area contributed by atoms with Crippen LogP contribution in [0.25, 0.3) is 0 Å². The van der Waals surface area contributed by atoms with E-state index in [2.05, 4.69) is 9.44 Å². The van der Waals surface area contributed by atoms with E-state index in [9.17, 15) is 16.8 Å². The summed E-state index contributed by atoms with van der Waals surface area (Å²) in [5.74, 6) is -0.337. The highest BCUT2D eigenvalue weighted by Crippen LogP contribution is 1.93. The first-order chi connectivity index (χ1) is 6.33. The molecule has 0 rings (SSSR count). The van der Waals surface area contributed by atoms with Gasteiger partial charge >= 0.3 is 0 Å². The van der Waals surface area contributed by atoms with Gasteiger partial charge in [-0.25, -0.2) is 26.3 Å². The zero-order valence-electron chi connectivity index (χ0n) is 8.28. The van der Waals surface area contributed by atoms with Crippen molar-refractivity contribution in [1.82, 2.24) is 9.44 Å². The van der Waals surface area contributed by atoms with Crippen molar-refractivity contribution in [3.05, 3.63) is 0 Å². The standard InChI is InChI=1S/C6H16N2O4S2/c1-3-8-14(11,12)6-4-5-13(9,10)7-2/h7-8H,3-6H2,1-2H3. The Morgan fingerprint density at radius 1 is 1.00 bits per heavy atom. The largest absolute Gasteiger partial charge is 0.218 e. The van der Waals surface area contributed by atoms with Gasteiger partial charge in [0.2, 0.25) is 20.0 Å². The maximum absolute atomic E-state index is 11.1. The third-order valence-corrected chi connectivity index (χ3v) is 4.50. The second-order valence-electron chi connectivity index (χ2n) is 2.69. The molecule has 0 bridgehead atoms. The van der Waals surface area contributed by atoms with Crippen molar-refractivity contribution in [3.63, 3.8) is 0 Å². The number of rotatable bonds is 7. The summed E-state index contributed by atoms with van der Waals surface area (Å²) >= 11 is 0. The van der Waals surface area contributed by atoms with Gasteiger partial charge < -0.3 is 0 Å². The lowest BCUT2D eigenvalue weighted by atomic mass is 10.6. The number of hydrogen-bond donors (Lipinski definition) is 2. The molecule has 2 N–H and O–H groups in total. The van der Waals surface area contributed by atoms with Crippen molar-refractivity contribution in [2.24, 2.45) is 0 Å². The fraction of sp³-hybridized carbons (Fsp3) is 1.00. The highest BCUT2D eigenvalue weighted by molar-refractivity contribution is 7.90. The minimum atomic E-state index is -3.30. The molecule has 14 heavy (non-hydrogen) atoms. The van der Waals surface area contributed by atoms with Crippen molar-refractivity contribution >= 4 is 20.0 Å². The lowest BCUT2D eigenvalue weighted by molar-refractivity contribution is 0.579. The second-order valence-corrected chi connectivity index (χ2v) is 6.67. The fourth-order valence-corrected chi connectivity index (χ4v) is 2.85. The predicted octanol–water partition coefficient (Wildman–Crippen LogP) is -1.13. The summed E-state index contributed by atoms with van der Waals surface area (Å²) < 4.78 is 48.4. The summed E-state index contributed by atoms with van der Waals surface area (Å²) in [6.07, 6.45) is 0.0957. The SMILES string of the molecule is CCNS(=O)(=O)CCCS(=O)(=O)NC. The van der Waals surface area contributed by atoms with Gasteiger partial charge in [0.1, 0.15) is 0 Å². The molecule has 86 valence electrons. The molecule has 6 nitrogen and oxygen atoms in total. The Kier molecular flexibility index (Phi) is 5.57. The summed E-state index contributed by atoms with van der Waals surface area (Å²) in [5, 5.41) is 0. The highest BCUT2D eigenvalue weighted by atomic mass is 32.2. The van der Waals surface area contributed by atoms with E-state index in [-0.39, 0.29) is 17.9 Å². The zero-order chi connectivity index (χ0) is 11.2. The van der Waals surface area contributed by atoms with Crippen LogP contribution < -0.4 is 9.44 Å². The van der Waals surface area contributed by atoms with Crippen LogP contribution in [-0.4, -0.2) is 41.9 Å². The van der Waals surface area contributed by atoms with Gasteiger partial charge in [-0.3, -0.25) is 0 Å². The molecule has 0 aromatic rings. The van der Waals surface area contributed by atoms with Crippen molar-refractivity contribution < 1.29 is 16.8 Å². The van der Waals surface area contributed by atoms with Gasteiger partial charge in [0, 0.05) is 6.54 Å². The molecule has 0 aliphatic heterocycles. The van der Waals surface area contributed by atoms with E-state index >= 15 is 0 Å². The zero-order valence-corrected chi connectivity index (χ0v) is 9.91. The van der Waals surface area contributed by atoms with Gasteiger partial charge in [-0.15, -0.1) is 0 Å². The van der Waals surface area contributed by atoms with Crippen LogP contribution in [0.15, 0.2) is 0 Å². The molecule has 0 saturated heterocycles. The first-order valence-electron chi connectivity index (χ1n) is 4.21. The van der Waals surface area contributed by atoms with E-state index in [0.29, 0.717) is 6.54 Å². The van der Waals surface area contributed by atoms with Crippen LogP contribution in [0.2, 0.25) is 0 Å². The third kappa shape index (κ3) is 6.30. The van der Waals surface area contributed by atoms with E-state index in [1.54, 1.807) is 6.92 Å². The van der Waals surface area contributed by atoms with E-state index in [0.717, 1.165) is 0 Å². The Morgan fingerprint density at radius 3 is 1.93 bits per heavy atom. The molecule has 0 amide bonds. The summed E-state index contributed by atoms with van der Waals surface area (Å²) in [6.45, 7) is 1.99. The summed E-state index contributed by atoms with van der Waals surface area (Å²) in [5.41, 5.74) is 0. The Balaban J connectivity index is 3.98. The molecule has 0 radical (unpaired) electrons. The molecular formula is C6H16N2O4S2. The van der Waals surface area contributed by atoms with Gasteiger partial charge in [-0.2, -0.15) is 0 Å². The molecule has 0 saturated carbocycles. The minimum Gasteiger partial charge on any atom is -0.218 e.